The Kier molecular flexibility index (Phi) is 6.06. The summed E-state index contributed by atoms with van der Waals surface area (Å²) in [5, 5.41) is 20.9. The summed E-state index contributed by atoms with van der Waals surface area (Å²) < 4.78 is 4.60. The number of nitrogens with zero attached hydrogens (tertiary/aromatic N) is 1. The van der Waals surface area contributed by atoms with Gasteiger partial charge in [-0.05, 0) is 29.8 Å². The van der Waals surface area contributed by atoms with Crippen molar-refractivity contribution >= 4 is 17.8 Å². The summed E-state index contributed by atoms with van der Waals surface area (Å²) in [5.74, 6) is -2.47. The molecule has 2 rings (SSSR count). The summed E-state index contributed by atoms with van der Waals surface area (Å²) in [6.07, 6.45) is -0.0402. The first kappa shape index (κ1) is 18.7. The van der Waals surface area contributed by atoms with Gasteiger partial charge < -0.3 is 15.2 Å². The van der Waals surface area contributed by atoms with Gasteiger partial charge in [-0.15, -0.1) is 0 Å². The molecule has 0 unspecified atom stereocenters. The van der Waals surface area contributed by atoms with E-state index in [9.17, 15) is 19.5 Å². The minimum Gasteiger partial charge on any atom is -0.480 e. The van der Waals surface area contributed by atoms with Crippen LogP contribution in [0.3, 0.4) is 0 Å². The molecule has 0 bridgehead atoms. The Labute approximate surface area is 149 Å². The maximum atomic E-state index is 12.4. The Morgan fingerprint density at radius 3 is 2.50 bits per heavy atom. The molecule has 0 heterocycles. The lowest BCUT2D eigenvalue weighted by Crippen LogP contribution is -2.42. The van der Waals surface area contributed by atoms with Crippen LogP contribution in [0.2, 0.25) is 0 Å². The molecular formula is C19H16N2O5. The number of carbonyl (C=O) groups excluding carboxylic acids is 2. The molecule has 0 aliphatic rings. The van der Waals surface area contributed by atoms with Crippen LogP contribution in [-0.2, 0) is 16.0 Å². The Balaban J connectivity index is 2.20. The van der Waals surface area contributed by atoms with Crippen LogP contribution in [0.15, 0.2) is 48.5 Å². The van der Waals surface area contributed by atoms with Gasteiger partial charge >= 0.3 is 11.9 Å². The quantitative estimate of drug-likeness (QED) is 0.765. The van der Waals surface area contributed by atoms with Crippen LogP contribution in [0.4, 0.5) is 0 Å². The van der Waals surface area contributed by atoms with Crippen molar-refractivity contribution in [1.82, 2.24) is 5.32 Å². The Morgan fingerprint density at radius 2 is 1.85 bits per heavy atom. The normalized spacial score (nSPS) is 11.1. The van der Waals surface area contributed by atoms with Gasteiger partial charge in [0.05, 0.1) is 24.3 Å². The molecule has 132 valence electrons. The van der Waals surface area contributed by atoms with Gasteiger partial charge in [-0.1, -0.05) is 24.3 Å². The third kappa shape index (κ3) is 4.45. The molecule has 7 nitrogen and oxygen atoms in total. The van der Waals surface area contributed by atoms with Crippen LogP contribution < -0.4 is 5.32 Å². The third-order valence-corrected chi connectivity index (χ3v) is 3.71. The number of amides is 1. The predicted octanol–water partition coefficient (Wildman–Crippen LogP) is 1.77. The molecule has 0 aliphatic heterocycles. The highest BCUT2D eigenvalue weighted by molar-refractivity contribution is 5.99. The number of nitrogens with one attached hydrogen (secondary N) is 1. The summed E-state index contributed by atoms with van der Waals surface area (Å²) >= 11 is 0. The van der Waals surface area contributed by atoms with Crippen molar-refractivity contribution < 1.29 is 24.2 Å². The molecule has 0 aliphatic carbocycles. The van der Waals surface area contributed by atoms with E-state index in [0.29, 0.717) is 11.1 Å². The first-order valence-electron chi connectivity index (χ1n) is 7.66. The molecule has 1 atom stereocenters. The number of hydrogen-bond acceptors (Lipinski definition) is 5. The summed E-state index contributed by atoms with van der Waals surface area (Å²) in [4.78, 5) is 35.4. The number of carboxylic acids is 1. The second kappa shape index (κ2) is 8.44. The van der Waals surface area contributed by atoms with Gasteiger partial charge in [-0.25, -0.2) is 9.59 Å². The van der Waals surface area contributed by atoms with Crippen LogP contribution >= 0.6 is 0 Å². The van der Waals surface area contributed by atoms with Crippen LogP contribution in [0.1, 0.15) is 31.8 Å². The number of nitriles is 1. The summed E-state index contributed by atoms with van der Waals surface area (Å²) in [7, 11) is 1.22. The molecule has 0 saturated heterocycles. The molecule has 0 spiro atoms. The lowest BCUT2D eigenvalue weighted by atomic mass is 10.0. The van der Waals surface area contributed by atoms with Crippen molar-refractivity contribution in [2.45, 2.75) is 12.5 Å². The fourth-order valence-corrected chi connectivity index (χ4v) is 2.37. The standard InChI is InChI=1S/C19H16N2O5/c1-26-19(25)14-8-4-7-13(9-14)17(22)21-16(18(23)24)10-12-5-2-3-6-15(12)11-20/h2-9,16H,10H2,1H3,(H,21,22)(H,23,24)/t16-/m0/s1. The highest BCUT2D eigenvalue weighted by Gasteiger charge is 2.22. The lowest BCUT2D eigenvalue weighted by Gasteiger charge is -2.15. The topological polar surface area (TPSA) is 116 Å². The number of hydrogen-bond donors (Lipinski definition) is 2. The number of methoxy groups -OCH3 is 1. The van der Waals surface area contributed by atoms with E-state index in [2.05, 4.69) is 10.1 Å². The summed E-state index contributed by atoms with van der Waals surface area (Å²) in [6, 6.07) is 13.1. The van der Waals surface area contributed by atoms with Crippen molar-refractivity contribution in [3.8, 4) is 6.07 Å². The number of rotatable bonds is 6. The molecule has 2 N–H and O–H groups in total. The second-order valence-corrected chi connectivity index (χ2v) is 5.41. The number of benzene rings is 2. The van der Waals surface area contributed by atoms with Gasteiger partial charge in [0.2, 0.25) is 0 Å². The zero-order valence-electron chi connectivity index (χ0n) is 13.9. The van der Waals surface area contributed by atoms with E-state index in [1.54, 1.807) is 24.3 Å². The van der Waals surface area contributed by atoms with Crippen molar-refractivity contribution in [3.63, 3.8) is 0 Å². The maximum Gasteiger partial charge on any atom is 0.337 e. The molecule has 2 aromatic rings. The molecule has 0 saturated carbocycles. The first-order chi connectivity index (χ1) is 12.5. The second-order valence-electron chi connectivity index (χ2n) is 5.41. The Bertz CT molecular complexity index is 885. The average molecular weight is 352 g/mol. The van der Waals surface area contributed by atoms with Crippen LogP contribution in [0, 0.1) is 11.3 Å². The van der Waals surface area contributed by atoms with E-state index < -0.39 is 23.9 Å². The van der Waals surface area contributed by atoms with E-state index >= 15 is 0 Å². The van der Waals surface area contributed by atoms with Gasteiger partial charge in [0, 0.05) is 12.0 Å². The van der Waals surface area contributed by atoms with Crippen LogP contribution in [0.5, 0.6) is 0 Å². The SMILES string of the molecule is COC(=O)c1cccc(C(=O)N[C@@H](Cc2ccccc2C#N)C(=O)O)c1. The molecule has 7 heteroatoms. The average Bonchev–Trinajstić information content (AvgIpc) is 2.67. The van der Waals surface area contributed by atoms with Crippen LogP contribution in [-0.4, -0.2) is 36.1 Å². The van der Waals surface area contributed by atoms with E-state index in [0.717, 1.165) is 0 Å². The lowest BCUT2D eigenvalue weighted by molar-refractivity contribution is -0.139. The zero-order chi connectivity index (χ0) is 19.1. The van der Waals surface area contributed by atoms with Gasteiger partial charge in [-0.2, -0.15) is 5.26 Å². The zero-order valence-corrected chi connectivity index (χ0v) is 13.9. The molecule has 2 aromatic carbocycles. The third-order valence-electron chi connectivity index (χ3n) is 3.71. The van der Waals surface area contributed by atoms with Crippen molar-refractivity contribution in [2.24, 2.45) is 0 Å². The molecule has 0 aromatic heterocycles. The van der Waals surface area contributed by atoms with E-state index in [1.807, 2.05) is 6.07 Å². The maximum absolute atomic E-state index is 12.4. The molecule has 1 amide bonds. The molecule has 0 fully saturated rings. The number of carboxylic acid groups (broad SMARTS) is 1. The monoisotopic (exact) mass is 352 g/mol. The smallest absolute Gasteiger partial charge is 0.337 e. The number of ether oxygens (including phenoxy) is 1. The van der Waals surface area contributed by atoms with Gasteiger partial charge in [0.1, 0.15) is 6.04 Å². The van der Waals surface area contributed by atoms with E-state index in [1.165, 1.54) is 31.4 Å². The highest BCUT2D eigenvalue weighted by atomic mass is 16.5. The molecule has 0 radical (unpaired) electrons. The number of esters is 1. The van der Waals surface area contributed by atoms with Crippen molar-refractivity contribution in [3.05, 3.63) is 70.8 Å². The Hall–Kier alpha value is -3.66. The predicted molar refractivity (Wildman–Crippen MR) is 91.5 cm³/mol. The van der Waals surface area contributed by atoms with Gasteiger partial charge in [0.15, 0.2) is 0 Å². The van der Waals surface area contributed by atoms with Crippen molar-refractivity contribution in [1.29, 1.82) is 5.26 Å². The molecule has 26 heavy (non-hydrogen) atoms. The fourth-order valence-electron chi connectivity index (χ4n) is 2.37. The van der Waals surface area contributed by atoms with E-state index in [-0.39, 0.29) is 17.5 Å². The van der Waals surface area contributed by atoms with Gasteiger partial charge in [0.25, 0.3) is 5.91 Å². The van der Waals surface area contributed by atoms with Gasteiger partial charge in [-0.3, -0.25) is 4.79 Å². The number of aliphatic carboxylic acids is 1. The fraction of sp³-hybridized carbons (Fsp3) is 0.158. The van der Waals surface area contributed by atoms with Crippen molar-refractivity contribution in [2.75, 3.05) is 7.11 Å². The highest BCUT2D eigenvalue weighted by Crippen LogP contribution is 2.12. The minimum atomic E-state index is -1.23. The Morgan fingerprint density at radius 1 is 1.15 bits per heavy atom. The molecular weight excluding hydrogens is 336 g/mol. The number of carbonyl (C=O) groups is 3. The minimum absolute atomic E-state index is 0.0402. The summed E-state index contributed by atoms with van der Waals surface area (Å²) in [6.45, 7) is 0. The van der Waals surface area contributed by atoms with Crippen LogP contribution in [0.25, 0.3) is 0 Å². The first-order valence-corrected chi connectivity index (χ1v) is 7.66. The summed E-state index contributed by atoms with van der Waals surface area (Å²) in [5.41, 5.74) is 1.18. The van der Waals surface area contributed by atoms with E-state index in [4.69, 9.17) is 5.26 Å². The largest absolute Gasteiger partial charge is 0.480 e.